The van der Waals surface area contributed by atoms with Gasteiger partial charge in [0.15, 0.2) is 0 Å². The summed E-state index contributed by atoms with van der Waals surface area (Å²) in [5.74, 6) is 0.331. The number of hydrogen-bond acceptors (Lipinski definition) is 4. The number of hydrogen-bond donors (Lipinski definition) is 2. The van der Waals surface area contributed by atoms with Crippen molar-refractivity contribution in [3.05, 3.63) is 29.1 Å². The molecule has 5 heteroatoms. The Morgan fingerprint density at radius 3 is 2.85 bits per heavy atom. The van der Waals surface area contributed by atoms with Gasteiger partial charge in [-0.05, 0) is 37.4 Å². The summed E-state index contributed by atoms with van der Waals surface area (Å²) in [5, 5.41) is 8.80. The molecule has 0 aliphatic carbocycles. The van der Waals surface area contributed by atoms with Gasteiger partial charge in [0, 0.05) is 37.4 Å². The van der Waals surface area contributed by atoms with Crippen LogP contribution >= 0.6 is 0 Å². The molecule has 0 aromatic heterocycles. The van der Waals surface area contributed by atoms with Crippen LogP contribution in [0.5, 0.6) is 5.75 Å². The highest BCUT2D eigenvalue weighted by molar-refractivity contribution is 5.41. The van der Waals surface area contributed by atoms with E-state index in [0.717, 1.165) is 36.9 Å². The molecule has 0 radical (unpaired) electrons. The Labute approximate surface area is 119 Å². The number of benzene rings is 1. The van der Waals surface area contributed by atoms with E-state index in [9.17, 15) is 4.39 Å². The Hall–Kier alpha value is -1.17. The lowest BCUT2D eigenvalue weighted by Gasteiger charge is -2.23. The molecule has 20 heavy (non-hydrogen) atoms. The predicted molar refractivity (Wildman–Crippen MR) is 76.1 cm³/mol. The van der Waals surface area contributed by atoms with Crippen molar-refractivity contribution >= 4 is 0 Å². The van der Waals surface area contributed by atoms with Gasteiger partial charge in [0.05, 0.1) is 7.11 Å². The number of fused-ring (bicyclic) bond motifs is 1. The van der Waals surface area contributed by atoms with Gasteiger partial charge in [-0.15, -0.1) is 0 Å². The van der Waals surface area contributed by atoms with E-state index in [2.05, 4.69) is 4.90 Å². The molecule has 4 nitrogen and oxygen atoms in total. The largest absolute Gasteiger partial charge is 0.497 e. The second-order valence-corrected chi connectivity index (χ2v) is 5.18. The van der Waals surface area contributed by atoms with Crippen LogP contribution in [0.25, 0.3) is 0 Å². The number of unbranched alkanes of at least 4 members (excludes halogenated alkanes) is 2. The van der Waals surface area contributed by atoms with Gasteiger partial charge in [-0.25, -0.2) is 4.39 Å². The van der Waals surface area contributed by atoms with E-state index in [0.29, 0.717) is 18.8 Å². The molecule has 0 spiro atoms. The fraction of sp³-hybridized carbons (Fsp3) is 0.600. The summed E-state index contributed by atoms with van der Waals surface area (Å²) >= 11 is 0. The highest BCUT2D eigenvalue weighted by atomic mass is 19.1. The van der Waals surface area contributed by atoms with Crippen LogP contribution in [0.1, 0.15) is 36.4 Å². The minimum Gasteiger partial charge on any atom is -0.497 e. The molecular formula is C15H23FN2O2. The molecule has 3 N–H and O–H groups in total. The summed E-state index contributed by atoms with van der Waals surface area (Å²) in [5.41, 5.74) is 7.56. The average molecular weight is 282 g/mol. The molecule has 0 saturated carbocycles. The van der Waals surface area contributed by atoms with E-state index >= 15 is 0 Å². The highest BCUT2D eigenvalue weighted by Gasteiger charge is 2.31. The van der Waals surface area contributed by atoms with E-state index in [1.54, 1.807) is 7.11 Å². The smallest absolute Gasteiger partial charge is 0.131 e. The maximum absolute atomic E-state index is 14.1. The number of aliphatic hydroxyl groups excluding tert-OH is 1. The minimum absolute atomic E-state index is 0.0590. The molecule has 0 fully saturated rings. The van der Waals surface area contributed by atoms with Crippen LogP contribution in [0.2, 0.25) is 0 Å². The van der Waals surface area contributed by atoms with Gasteiger partial charge >= 0.3 is 0 Å². The van der Waals surface area contributed by atoms with Crippen LogP contribution in [-0.2, 0) is 6.54 Å². The number of halogens is 1. The van der Waals surface area contributed by atoms with Crippen molar-refractivity contribution in [1.29, 1.82) is 0 Å². The maximum Gasteiger partial charge on any atom is 0.131 e. The summed E-state index contributed by atoms with van der Waals surface area (Å²) in [4.78, 5) is 2.21. The van der Waals surface area contributed by atoms with Crippen LogP contribution in [0.4, 0.5) is 4.39 Å². The first-order valence-corrected chi connectivity index (χ1v) is 7.12. The van der Waals surface area contributed by atoms with Gasteiger partial charge in [-0.1, -0.05) is 0 Å². The van der Waals surface area contributed by atoms with Gasteiger partial charge in [0.25, 0.3) is 0 Å². The molecule has 0 saturated heterocycles. The van der Waals surface area contributed by atoms with Crippen molar-refractivity contribution in [2.45, 2.75) is 31.8 Å². The van der Waals surface area contributed by atoms with Crippen LogP contribution in [0.3, 0.4) is 0 Å². The van der Waals surface area contributed by atoms with Crippen LogP contribution in [0, 0.1) is 5.82 Å². The summed E-state index contributed by atoms with van der Waals surface area (Å²) in [6, 6.07) is 3.38. The van der Waals surface area contributed by atoms with Crippen molar-refractivity contribution in [2.75, 3.05) is 26.8 Å². The molecule has 1 heterocycles. The van der Waals surface area contributed by atoms with Crippen LogP contribution in [-0.4, -0.2) is 36.8 Å². The Morgan fingerprint density at radius 1 is 1.40 bits per heavy atom. The van der Waals surface area contributed by atoms with Crippen LogP contribution < -0.4 is 10.5 Å². The number of aliphatic hydroxyl groups is 1. The predicted octanol–water partition coefficient (Wildman–Crippen LogP) is 1.81. The monoisotopic (exact) mass is 282 g/mol. The molecule has 1 aliphatic heterocycles. The van der Waals surface area contributed by atoms with Gasteiger partial charge in [-0.3, -0.25) is 4.90 Å². The Bertz CT molecular complexity index is 454. The normalized spacial score (nSPS) is 18.3. The average Bonchev–Trinajstić information content (AvgIpc) is 2.81. The first kappa shape index (κ1) is 15.2. The third-order valence-corrected chi connectivity index (χ3v) is 3.93. The number of rotatable bonds is 7. The fourth-order valence-electron chi connectivity index (χ4n) is 2.84. The second kappa shape index (κ2) is 7.02. The molecule has 1 aromatic rings. The van der Waals surface area contributed by atoms with Crippen LogP contribution in [0.15, 0.2) is 12.1 Å². The zero-order chi connectivity index (χ0) is 14.5. The molecule has 1 atom stereocenters. The topological polar surface area (TPSA) is 58.7 Å². The molecule has 0 bridgehead atoms. The second-order valence-electron chi connectivity index (χ2n) is 5.18. The van der Waals surface area contributed by atoms with E-state index in [4.69, 9.17) is 15.6 Å². The lowest BCUT2D eigenvalue weighted by atomic mass is 10.0. The van der Waals surface area contributed by atoms with Gasteiger partial charge in [0.2, 0.25) is 0 Å². The van der Waals surface area contributed by atoms with E-state index in [1.165, 1.54) is 6.07 Å². The molecular weight excluding hydrogens is 259 g/mol. The van der Waals surface area contributed by atoms with Crippen molar-refractivity contribution < 1.29 is 14.2 Å². The minimum atomic E-state index is -0.212. The van der Waals surface area contributed by atoms with E-state index in [-0.39, 0.29) is 18.5 Å². The summed E-state index contributed by atoms with van der Waals surface area (Å²) in [6.07, 6.45) is 2.78. The maximum atomic E-state index is 14.1. The Kier molecular flexibility index (Phi) is 5.34. The Balaban J connectivity index is 2.10. The molecule has 1 aromatic carbocycles. The number of ether oxygens (including phenoxy) is 1. The molecule has 1 aliphatic rings. The third kappa shape index (κ3) is 3.11. The zero-order valence-electron chi connectivity index (χ0n) is 11.9. The number of methoxy groups -OCH3 is 1. The molecule has 112 valence electrons. The molecule has 1 unspecified atom stereocenters. The number of nitrogens with two attached hydrogens (primary N) is 1. The number of nitrogens with zero attached hydrogens (tertiary/aromatic N) is 1. The molecule has 2 rings (SSSR count). The first-order valence-electron chi connectivity index (χ1n) is 7.12. The SMILES string of the molecule is COc1cc(F)c2c(c1)C(CN)N(CCCCCO)C2. The zero-order valence-corrected chi connectivity index (χ0v) is 11.9. The van der Waals surface area contributed by atoms with Gasteiger partial charge in [0.1, 0.15) is 11.6 Å². The third-order valence-electron chi connectivity index (χ3n) is 3.93. The standard InChI is InChI=1S/C15H23FN2O2/c1-20-11-7-12-13(14(16)8-11)10-18(15(12)9-17)5-3-2-4-6-19/h7-8,15,19H,2-6,9-10,17H2,1H3. The van der Waals surface area contributed by atoms with Gasteiger partial charge in [-0.2, -0.15) is 0 Å². The first-order chi connectivity index (χ1) is 9.71. The lowest BCUT2D eigenvalue weighted by Crippen LogP contribution is -2.28. The highest BCUT2D eigenvalue weighted by Crippen LogP contribution is 2.37. The Morgan fingerprint density at radius 2 is 2.20 bits per heavy atom. The van der Waals surface area contributed by atoms with Crippen molar-refractivity contribution in [3.8, 4) is 5.75 Å². The van der Waals surface area contributed by atoms with Crippen molar-refractivity contribution in [1.82, 2.24) is 4.90 Å². The van der Waals surface area contributed by atoms with E-state index in [1.807, 2.05) is 6.07 Å². The van der Waals surface area contributed by atoms with Crippen molar-refractivity contribution in [3.63, 3.8) is 0 Å². The lowest BCUT2D eigenvalue weighted by molar-refractivity contribution is 0.209. The van der Waals surface area contributed by atoms with Gasteiger partial charge < -0.3 is 15.6 Å². The summed E-state index contributed by atoms with van der Waals surface area (Å²) in [6.45, 7) is 2.18. The molecule has 0 amide bonds. The van der Waals surface area contributed by atoms with E-state index < -0.39 is 0 Å². The fourth-order valence-corrected chi connectivity index (χ4v) is 2.84. The summed E-state index contributed by atoms with van der Waals surface area (Å²) in [7, 11) is 1.54. The van der Waals surface area contributed by atoms with Crippen molar-refractivity contribution in [2.24, 2.45) is 5.73 Å². The summed E-state index contributed by atoms with van der Waals surface area (Å²) < 4.78 is 19.2. The quantitative estimate of drug-likeness (QED) is 0.749.